The molecular weight excluding hydrogens is 388 g/mol. The summed E-state index contributed by atoms with van der Waals surface area (Å²) < 4.78 is 1.56. The van der Waals surface area contributed by atoms with Crippen LogP contribution in [0.2, 0.25) is 0 Å². The molecular formula is C19H24N8O3. The number of imidazole rings is 1. The van der Waals surface area contributed by atoms with Gasteiger partial charge in [-0.1, -0.05) is 12.8 Å². The predicted molar refractivity (Wildman–Crippen MR) is 108 cm³/mol. The molecule has 3 aromatic heterocycles. The number of nitrogens with one attached hydrogen (secondary N) is 3. The first-order valence-electron chi connectivity index (χ1n) is 10.2. The van der Waals surface area contributed by atoms with Gasteiger partial charge in [0.05, 0.1) is 18.8 Å². The predicted octanol–water partition coefficient (Wildman–Crippen LogP) is -0.578. The lowest BCUT2D eigenvalue weighted by Gasteiger charge is -2.26. The standard InChI is InChI=1S/C19H24N8O3/c28-10-19(5-1-2-6-19)9-20-16-24-14-11(7-13-15(29)25-18(30)23-13)8-21-27(14)17(26-16)22-12-3-4-12/h7-8,12,28-29H,1-6,9-10H2,(H,20,22,26)(H2,23,25,30). The summed E-state index contributed by atoms with van der Waals surface area (Å²) in [6.45, 7) is 0.717. The molecule has 2 aliphatic carbocycles. The van der Waals surface area contributed by atoms with Gasteiger partial charge >= 0.3 is 5.69 Å². The fraction of sp³-hybridized carbons (Fsp3) is 0.526. The molecule has 5 N–H and O–H groups in total. The van der Waals surface area contributed by atoms with Crippen LogP contribution in [0, 0.1) is 5.41 Å². The number of hydrogen-bond acceptors (Lipinski definition) is 8. The Morgan fingerprint density at radius 3 is 2.77 bits per heavy atom. The minimum Gasteiger partial charge on any atom is -0.493 e. The van der Waals surface area contributed by atoms with E-state index < -0.39 is 5.69 Å². The molecule has 2 saturated carbocycles. The first-order valence-corrected chi connectivity index (χ1v) is 10.2. The van der Waals surface area contributed by atoms with Crippen molar-refractivity contribution in [3.8, 4) is 5.88 Å². The van der Waals surface area contributed by atoms with Gasteiger partial charge in [-0.25, -0.2) is 9.79 Å². The van der Waals surface area contributed by atoms with Gasteiger partial charge in [0.2, 0.25) is 11.8 Å². The third kappa shape index (κ3) is 3.56. The number of aromatic nitrogens is 6. The molecule has 0 unspecified atom stereocenters. The summed E-state index contributed by atoms with van der Waals surface area (Å²) in [4.78, 5) is 30.0. The quantitative estimate of drug-likeness (QED) is 0.363. The molecule has 2 aliphatic rings. The first kappa shape index (κ1) is 18.8. The van der Waals surface area contributed by atoms with Crippen LogP contribution in [0.25, 0.3) is 11.7 Å². The number of anilines is 1. The second kappa shape index (κ2) is 7.24. The van der Waals surface area contributed by atoms with Gasteiger partial charge in [0, 0.05) is 17.2 Å². The summed E-state index contributed by atoms with van der Waals surface area (Å²) in [6, 6.07) is 0.247. The van der Waals surface area contributed by atoms with Crippen molar-refractivity contribution in [3.05, 3.63) is 33.2 Å². The molecule has 11 nitrogen and oxygen atoms in total. The lowest BCUT2D eigenvalue weighted by atomic mass is 9.87. The van der Waals surface area contributed by atoms with Crippen LogP contribution >= 0.6 is 0 Å². The smallest absolute Gasteiger partial charge is 0.326 e. The van der Waals surface area contributed by atoms with E-state index >= 15 is 0 Å². The zero-order chi connectivity index (χ0) is 20.7. The molecule has 0 aliphatic heterocycles. The molecule has 0 aromatic carbocycles. The zero-order valence-electron chi connectivity index (χ0n) is 16.4. The maximum absolute atomic E-state index is 11.4. The van der Waals surface area contributed by atoms with E-state index in [4.69, 9.17) is 0 Å². The van der Waals surface area contributed by atoms with Gasteiger partial charge in [-0.2, -0.15) is 19.6 Å². The molecule has 11 heteroatoms. The van der Waals surface area contributed by atoms with Gasteiger partial charge in [-0.05, 0) is 31.8 Å². The highest BCUT2D eigenvalue weighted by Crippen LogP contribution is 2.37. The molecule has 3 aromatic rings. The minimum absolute atomic E-state index is 0.132. The normalized spacial score (nSPS) is 19.8. The van der Waals surface area contributed by atoms with Crippen molar-refractivity contribution in [1.82, 2.24) is 29.5 Å². The Labute approximate surface area is 170 Å². The number of hydrogen-bond donors (Lipinski definition) is 5. The molecule has 0 amide bonds. The summed E-state index contributed by atoms with van der Waals surface area (Å²) in [5.74, 6) is 0.171. The van der Waals surface area contributed by atoms with Crippen molar-refractivity contribution in [3.63, 3.8) is 0 Å². The van der Waals surface area contributed by atoms with Gasteiger partial charge in [0.25, 0.3) is 5.62 Å². The van der Waals surface area contributed by atoms with Crippen molar-refractivity contribution in [1.29, 1.82) is 0 Å². The Bertz CT molecular complexity index is 1250. The summed E-state index contributed by atoms with van der Waals surface area (Å²) in [6.07, 6.45) is 9.43. The molecule has 30 heavy (non-hydrogen) atoms. The molecule has 0 radical (unpaired) electrons. The molecule has 0 bridgehead atoms. The van der Waals surface area contributed by atoms with E-state index in [-0.39, 0.29) is 29.6 Å². The molecule has 5 rings (SSSR count). The van der Waals surface area contributed by atoms with E-state index in [2.05, 4.69) is 35.3 Å². The Morgan fingerprint density at radius 1 is 1.30 bits per heavy atom. The van der Waals surface area contributed by atoms with E-state index in [1.807, 2.05) is 0 Å². The largest absolute Gasteiger partial charge is 0.493 e. The van der Waals surface area contributed by atoms with E-state index in [0.29, 0.717) is 29.0 Å². The second-order valence-corrected chi connectivity index (χ2v) is 8.25. The minimum atomic E-state index is -0.498. The van der Waals surface area contributed by atoms with Crippen molar-refractivity contribution in [2.75, 3.05) is 18.5 Å². The van der Waals surface area contributed by atoms with E-state index in [0.717, 1.165) is 38.5 Å². The summed E-state index contributed by atoms with van der Waals surface area (Å²) in [5.41, 5.74) is 0.574. The van der Waals surface area contributed by atoms with Crippen molar-refractivity contribution >= 4 is 17.7 Å². The van der Waals surface area contributed by atoms with Crippen LogP contribution in [-0.4, -0.2) is 59.0 Å². The molecule has 158 valence electrons. The maximum atomic E-state index is 11.4. The highest BCUT2D eigenvalue weighted by molar-refractivity contribution is 5.57. The average molecular weight is 412 g/mol. The first-order chi connectivity index (χ1) is 14.5. The van der Waals surface area contributed by atoms with E-state index in [9.17, 15) is 15.0 Å². The van der Waals surface area contributed by atoms with Gasteiger partial charge < -0.3 is 20.5 Å². The third-order valence-electron chi connectivity index (χ3n) is 5.88. The lowest BCUT2D eigenvalue weighted by molar-refractivity contribution is 0.142. The molecule has 3 heterocycles. The maximum Gasteiger partial charge on any atom is 0.326 e. The van der Waals surface area contributed by atoms with Crippen LogP contribution in [0.4, 0.5) is 5.95 Å². The lowest BCUT2D eigenvalue weighted by Crippen LogP contribution is -2.32. The number of aliphatic hydroxyl groups is 1. The second-order valence-electron chi connectivity index (χ2n) is 8.25. The van der Waals surface area contributed by atoms with Crippen molar-refractivity contribution in [2.45, 2.75) is 44.6 Å². The Hall–Kier alpha value is -3.21. The number of rotatable bonds is 6. The van der Waals surface area contributed by atoms with Gasteiger partial charge in [-0.3, -0.25) is 4.98 Å². The number of fused-ring (bicyclic) bond motifs is 1. The number of aliphatic hydroxyl groups excluding tert-OH is 1. The van der Waals surface area contributed by atoms with Gasteiger partial charge in [0.15, 0.2) is 5.65 Å². The summed E-state index contributed by atoms with van der Waals surface area (Å²) >= 11 is 0. The highest BCUT2D eigenvalue weighted by Gasteiger charge is 2.33. The Balaban J connectivity index is 1.58. The number of H-pyrrole nitrogens is 2. The van der Waals surface area contributed by atoms with Crippen molar-refractivity contribution < 1.29 is 10.2 Å². The summed E-state index contributed by atoms with van der Waals surface area (Å²) in [7, 11) is 0. The number of aromatic amines is 2. The molecule has 0 atom stereocenters. The number of aromatic hydroxyl groups is 1. The van der Waals surface area contributed by atoms with E-state index in [1.165, 1.54) is 0 Å². The monoisotopic (exact) mass is 412 g/mol. The molecule has 2 fully saturated rings. The van der Waals surface area contributed by atoms with Crippen LogP contribution in [0.5, 0.6) is 5.88 Å². The molecule has 0 saturated heterocycles. The zero-order valence-corrected chi connectivity index (χ0v) is 16.4. The Kier molecular flexibility index (Phi) is 4.54. The number of nitrogens with zero attached hydrogens (tertiary/aromatic N) is 5. The van der Waals surface area contributed by atoms with Gasteiger partial charge in [-0.15, -0.1) is 0 Å². The van der Waals surface area contributed by atoms with Crippen LogP contribution in [0.15, 0.2) is 16.0 Å². The average Bonchev–Trinajstić information content (AvgIpc) is 3.12. The topological polar surface area (TPSA) is 157 Å². The van der Waals surface area contributed by atoms with Gasteiger partial charge in [0.1, 0.15) is 5.69 Å². The van der Waals surface area contributed by atoms with Crippen LogP contribution in [-0.2, 0) is 0 Å². The molecule has 0 spiro atoms. The highest BCUT2D eigenvalue weighted by atomic mass is 16.3. The Morgan fingerprint density at radius 2 is 2.10 bits per heavy atom. The third-order valence-corrected chi connectivity index (χ3v) is 5.88. The van der Waals surface area contributed by atoms with Crippen LogP contribution in [0.3, 0.4) is 0 Å². The van der Waals surface area contributed by atoms with Crippen molar-refractivity contribution in [2.24, 2.45) is 10.4 Å². The fourth-order valence-electron chi connectivity index (χ4n) is 3.94. The van der Waals surface area contributed by atoms with E-state index in [1.54, 1.807) is 16.8 Å². The summed E-state index contributed by atoms with van der Waals surface area (Å²) in [5, 5.41) is 28.0. The van der Waals surface area contributed by atoms with Crippen LogP contribution in [0.1, 0.15) is 44.2 Å². The SMILES string of the molecule is O=c1[nH]c(O)c(C=c2cnn3c(=NC4CC4)nc(NCC4(CO)CCCC4)nc23)[nH]1. The van der Waals surface area contributed by atoms with Crippen LogP contribution < -0.4 is 21.8 Å². The fourth-order valence-corrected chi connectivity index (χ4v) is 3.94.